The average Bonchev–Trinajstić information content (AvgIpc) is 2.73. The van der Waals surface area contributed by atoms with Crippen molar-refractivity contribution in [1.82, 2.24) is 14.7 Å². The van der Waals surface area contributed by atoms with Gasteiger partial charge in [-0.15, -0.1) is 0 Å². The van der Waals surface area contributed by atoms with Crippen LogP contribution in [0.4, 0.5) is 5.69 Å². The Balaban J connectivity index is 2.00. The first-order valence-electron chi connectivity index (χ1n) is 5.91. The third-order valence-electron chi connectivity index (χ3n) is 2.72. The van der Waals surface area contributed by atoms with Crippen LogP contribution in [0, 0.1) is 0 Å². The fourth-order valence-corrected chi connectivity index (χ4v) is 2.36. The Kier molecular flexibility index (Phi) is 4.52. The molecule has 0 aliphatic carbocycles. The van der Waals surface area contributed by atoms with Crippen molar-refractivity contribution in [2.24, 2.45) is 0 Å². The fraction of sp³-hybridized carbons (Fsp3) is 0.231. The number of rotatable bonds is 4. The molecule has 2 rings (SSSR count). The number of anilines is 1. The van der Waals surface area contributed by atoms with Crippen LogP contribution in [0.1, 0.15) is 5.56 Å². The maximum absolute atomic E-state index is 12.1. The Morgan fingerprint density at radius 1 is 1.35 bits per heavy atom. The minimum atomic E-state index is -0.0794. The van der Waals surface area contributed by atoms with Crippen molar-refractivity contribution in [3.05, 3.63) is 46.2 Å². The largest absolute Gasteiger partial charge is 0.396 e. The molecule has 0 bridgehead atoms. The quantitative estimate of drug-likeness (QED) is 0.943. The molecule has 0 fully saturated rings. The molecule has 0 aliphatic heterocycles. The Labute approximate surface area is 126 Å². The summed E-state index contributed by atoms with van der Waals surface area (Å²) in [5.41, 5.74) is 6.95. The van der Waals surface area contributed by atoms with Gasteiger partial charge in [0, 0.05) is 29.8 Å². The maximum Gasteiger partial charge on any atom is 0.244 e. The maximum atomic E-state index is 12.1. The summed E-state index contributed by atoms with van der Waals surface area (Å²) in [5, 5.41) is 5.07. The number of amides is 1. The number of nitrogens with zero attached hydrogens (tertiary/aromatic N) is 3. The molecule has 20 heavy (non-hydrogen) atoms. The van der Waals surface area contributed by atoms with Gasteiger partial charge in [-0.05, 0) is 23.8 Å². The van der Waals surface area contributed by atoms with Crippen LogP contribution in [0.25, 0.3) is 0 Å². The topological polar surface area (TPSA) is 64.2 Å². The van der Waals surface area contributed by atoms with Gasteiger partial charge in [-0.3, -0.25) is 9.48 Å². The van der Waals surface area contributed by atoms with Crippen molar-refractivity contribution < 1.29 is 4.79 Å². The van der Waals surface area contributed by atoms with Gasteiger partial charge >= 0.3 is 0 Å². The van der Waals surface area contributed by atoms with Crippen LogP contribution in [0.3, 0.4) is 0 Å². The van der Waals surface area contributed by atoms with Gasteiger partial charge in [0.15, 0.2) is 0 Å². The molecule has 0 aliphatic rings. The van der Waals surface area contributed by atoms with E-state index in [-0.39, 0.29) is 12.5 Å². The van der Waals surface area contributed by atoms with Crippen LogP contribution in [0.15, 0.2) is 30.6 Å². The molecular formula is C13H14Cl2N4O. The van der Waals surface area contributed by atoms with Crippen molar-refractivity contribution in [1.29, 1.82) is 0 Å². The summed E-state index contributed by atoms with van der Waals surface area (Å²) in [4.78, 5) is 13.6. The molecule has 1 aromatic carbocycles. The van der Waals surface area contributed by atoms with Crippen molar-refractivity contribution in [2.45, 2.75) is 13.1 Å². The van der Waals surface area contributed by atoms with Crippen LogP contribution in [0.5, 0.6) is 0 Å². The summed E-state index contributed by atoms with van der Waals surface area (Å²) in [6.45, 7) is 0.567. The smallest absolute Gasteiger partial charge is 0.244 e. The van der Waals surface area contributed by atoms with E-state index >= 15 is 0 Å². The number of nitrogen functional groups attached to an aromatic ring is 1. The number of carbonyl (C=O) groups excluding carboxylic acids is 1. The van der Waals surface area contributed by atoms with Gasteiger partial charge in [-0.25, -0.2) is 0 Å². The molecule has 0 radical (unpaired) electrons. The number of aromatic nitrogens is 2. The Morgan fingerprint density at radius 2 is 2.00 bits per heavy atom. The van der Waals surface area contributed by atoms with E-state index < -0.39 is 0 Å². The fourth-order valence-electron chi connectivity index (χ4n) is 1.79. The minimum Gasteiger partial charge on any atom is -0.396 e. The molecule has 5 nitrogen and oxygen atoms in total. The zero-order valence-electron chi connectivity index (χ0n) is 10.9. The molecule has 0 saturated carbocycles. The zero-order valence-corrected chi connectivity index (χ0v) is 12.4. The number of nitrogens with two attached hydrogens (primary N) is 1. The SMILES string of the molecule is CN(Cc1cc(Cl)cc(Cl)c1)C(=O)Cn1cc(N)cn1. The Morgan fingerprint density at radius 3 is 2.55 bits per heavy atom. The van der Waals surface area contributed by atoms with E-state index in [1.807, 2.05) is 0 Å². The second kappa shape index (κ2) is 6.15. The van der Waals surface area contributed by atoms with Gasteiger partial charge < -0.3 is 10.6 Å². The van der Waals surface area contributed by atoms with Crippen molar-refractivity contribution in [3.63, 3.8) is 0 Å². The third-order valence-corrected chi connectivity index (χ3v) is 3.15. The first-order valence-corrected chi connectivity index (χ1v) is 6.66. The van der Waals surface area contributed by atoms with Crippen LogP contribution in [-0.4, -0.2) is 27.6 Å². The summed E-state index contributed by atoms with van der Waals surface area (Å²) in [6, 6.07) is 5.22. The lowest BCUT2D eigenvalue weighted by molar-refractivity contribution is -0.131. The molecule has 1 aromatic heterocycles. The summed E-state index contributed by atoms with van der Waals surface area (Å²) in [5.74, 6) is -0.0794. The van der Waals surface area contributed by atoms with Gasteiger partial charge in [0.05, 0.1) is 11.9 Å². The molecule has 0 atom stereocenters. The highest BCUT2D eigenvalue weighted by Gasteiger charge is 2.11. The van der Waals surface area contributed by atoms with Crippen molar-refractivity contribution >= 4 is 34.8 Å². The van der Waals surface area contributed by atoms with Crippen molar-refractivity contribution in [3.8, 4) is 0 Å². The number of halogens is 2. The second-order valence-electron chi connectivity index (χ2n) is 4.50. The lowest BCUT2D eigenvalue weighted by Crippen LogP contribution is -2.29. The standard InChI is InChI=1S/C13H14Cl2N4O/c1-18(6-9-2-10(14)4-11(15)3-9)13(20)8-19-7-12(16)5-17-19/h2-5,7H,6,8,16H2,1H3. The van der Waals surface area contributed by atoms with Gasteiger partial charge in [0.2, 0.25) is 5.91 Å². The van der Waals surface area contributed by atoms with Gasteiger partial charge in [0.1, 0.15) is 6.54 Å². The number of hydrogen-bond donors (Lipinski definition) is 1. The lowest BCUT2D eigenvalue weighted by Gasteiger charge is -2.17. The van der Waals surface area contributed by atoms with Gasteiger partial charge in [-0.1, -0.05) is 23.2 Å². The third kappa shape index (κ3) is 3.88. The molecule has 0 saturated heterocycles. The van der Waals surface area contributed by atoms with E-state index in [4.69, 9.17) is 28.9 Å². The number of hydrogen-bond acceptors (Lipinski definition) is 3. The minimum absolute atomic E-state index is 0.0794. The van der Waals surface area contributed by atoms with Crippen LogP contribution >= 0.6 is 23.2 Å². The lowest BCUT2D eigenvalue weighted by atomic mass is 10.2. The second-order valence-corrected chi connectivity index (χ2v) is 5.37. The van der Waals surface area contributed by atoms with E-state index in [2.05, 4.69) is 5.10 Å². The summed E-state index contributed by atoms with van der Waals surface area (Å²) < 4.78 is 1.50. The highest BCUT2D eigenvalue weighted by atomic mass is 35.5. The first-order chi connectivity index (χ1) is 9.44. The first kappa shape index (κ1) is 14.7. The molecule has 1 amide bonds. The molecular weight excluding hydrogens is 299 g/mol. The molecule has 2 N–H and O–H groups in total. The van der Waals surface area contributed by atoms with Crippen LogP contribution in [0.2, 0.25) is 10.0 Å². The predicted octanol–water partition coefficient (Wildman–Crippen LogP) is 2.43. The zero-order chi connectivity index (χ0) is 14.7. The van der Waals surface area contributed by atoms with E-state index in [9.17, 15) is 4.79 Å². The molecule has 7 heteroatoms. The number of likely N-dealkylation sites (N-methyl/N-ethyl adjacent to an activating group) is 1. The van der Waals surface area contributed by atoms with Crippen LogP contribution in [-0.2, 0) is 17.9 Å². The number of benzene rings is 1. The average molecular weight is 313 g/mol. The molecule has 1 heterocycles. The van der Waals surface area contributed by atoms with E-state index in [1.54, 1.807) is 36.3 Å². The molecule has 2 aromatic rings. The monoisotopic (exact) mass is 312 g/mol. The van der Waals surface area contributed by atoms with Gasteiger partial charge in [0.25, 0.3) is 0 Å². The molecule has 0 unspecified atom stereocenters. The van der Waals surface area contributed by atoms with Gasteiger partial charge in [-0.2, -0.15) is 5.10 Å². The summed E-state index contributed by atoms with van der Waals surface area (Å²) in [7, 11) is 1.71. The molecule has 106 valence electrons. The Hall–Kier alpha value is -1.72. The summed E-state index contributed by atoms with van der Waals surface area (Å²) >= 11 is 11.9. The Bertz CT molecular complexity index is 606. The predicted molar refractivity (Wildman–Crippen MR) is 79.6 cm³/mol. The normalized spacial score (nSPS) is 10.6. The van der Waals surface area contributed by atoms with E-state index in [1.165, 1.54) is 10.9 Å². The van der Waals surface area contributed by atoms with E-state index in [0.717, 1.165) is 5.56 Å². The van der Waals surface area contributed by atoms with Crippen molar-refractivity contribution in [2.75, 3.05) is 12.8 Å². The number of carbonyl (C=O) groups is 1. The highest BCUT2D eigenvalue weighted by Crippen LogP contribution is 2.20. The van der Waals surface area contributed by atoms with Crippen LogP contribution < -0.4 is 5.73 Å². The summed E-state index contributed by atoms with van der Waals surface area (Å²) in [6.07, 6.45) is 3.12. The molecule has 0 spiro atoms. The van der Waals surface area contributed by atoms with E-state index in [0.29, 0.717) is 22.3 Å². The highest BCUT2D eigenvalue weighted by molar-refractivity contribution is 6.34.